The highest BCUT2D eigenvalue weighted by Crippen LogP contribution is 2.49. The molecular formula is C20H17N2O4P. The molecule has 0 saturated heterocycles. The molecule has 0 unspecified atom stereocenters. The Balaban J connectivity index is 1.88. The molecule has 0 N–H and O–H groups in total. The van der Waals surface area contributed by atoms with Crippen LogP contribution in [0.2, 0.25) is 0 Å². The van der Waals surface area contributed by atoms with Crippen molar-refractivity contribution in [2.45, 2.75) is 0 Å². The van der Waals surface area contributed by atoms with Crippen LogP contribution in [0.4, 0.5) is 0 Å². The van der Waals surface area contributed by atoms with E-state index in [2.05, 4.69) is 4.98 Å². The summed E-state index contributed by atoms with van der Waals surface area (Å²) in [5.41, 5.74) is 2.98. The number of nitrogens with zero attached hydrogens (tertiary/aromatic N) is 2. The van der Waals surface area contributed by atoms with Gasteiger partial charge in [-0.05, 0) is 24.3 Å². The van der Waals surface area contributed by atoms with Gasteiger partial charge in [-0.25, -0.2) is 9.55 Å². The van der Waals surface area contributed by atoms with Gasteiger partial charge in [-0.2, -0.15) is 0 Å². The molecule has 4 aromatic rings. The van der Waals surface area contributed by atoms with Gasteiger partial charge in [-0.15, -0.1) is 0 Å². The summed E-state index contributed by atoms with van der Waals surface area (Å²) in [5.74, 6) is 0.365. The van der Waals surface area contributed by atoms with E-state index in [4.69, 9.17) is 18.6 Å². The molecule has 0 radical (unpaired) electrons. The van der Waals surface area contributed by atoms with Crippen LogP contribution >= 0.6 is 7.82 Å². The van der Waals surface area contributed by atoms with E-state index < -0.39 is 7.82 Å². The Morgan fingerprint density at radius 1 is 0.815 bits per heavy atom. The standard InChI is InChI=1S/C20H17N2O4P/c1-24-27(23,25-2)26-18-8-4-3-7-16(18)17-12-11-15-10-9-14-6-5-13-21-19(14)20(15)22-17/h3-13H,1-2H3. The van der Waals surface area contributed by atoms with Gasteiger partial charge in [0.15, 0.2) is 0 Å². The molecule has 0 aliphatic heterocycles. The molecule has 0 aliphatic carbocycles. The Morgan fingerprint density at radius 3 is 2.30 bits per heavy atom. The molecule has 2 aromatic carbocycles. The molecule has 0 amide bonds. The van der Waals surface area contributed by atoms with Crippen LogP contribution in [0.5, 0.6) is 5.75 Å². The fourth-order valence-electron chi connectivity index (χ4n) is 2.90. The number of benzene rings is 2. The molecule has 0 fully saturated rings. The van der Waals surface area contributed by atoms with Crippen molar-refractivity contribution < 1.29 is 18.1 Å². The highest BCUT2D eigenvalue weighted by Gasteiger charge is 2.26. The predicted molar refractivity (Wildman–Crippen MR) is 105 cm³/mol. The first-order valence-electron chi connectivity index (χ1n) is 8.28. The average molecular weight is 380 g/mol. The fraction of sp³-hybridized carbons (Fsp3) is 0.100. The largest absolute Gasteiger partial charge is 0.529 e. The topological polar surface area (TPSA) is 70.5 Å². The third-order valence-electron chi connectivity index (χ3n) is 4.25. The average Bonchev–Trinajstić information content (AvgIpc) is 2.73. The van der Waals surface area contributed by atoms with Crippen LogP contribution in [0.1, 0.15) is 0 Å². The first-order valence-corrected chi connectivity index (χ1v) is 9.74. The minimum absolute atomic E-state index is 0.365. The molecule has 2 aromatic heterocycles. The van der Waals surface area contributed by atoms with Crippen molar-refractivity contribution in [3.05, 3.63) is 66.9 Å². The van der Waals surface area contributed by atoms with E-state index in [9.17, 15) is 4.57 Å². The van der Waals surface area contributed by atoms with Gasteiger partial charge < -0.3 is 4.52 Å². The van der Waals surface area contributed by atoms with E-state index >= 15 is 0 Å². The second kappa shape index (κ2) is 7.08. The summed E-state index contributed by atoms with van der Waals surface area (Å²) in [6.45, 7) is 0. The summed E-state index contributed by atoms with van der Waals surface area (Å²) in [5, 5.41) is 2.00. The van der Waals surface area contributed by atoms with Gasteiger partial charge in [0.25, 0.3) is 0 Å². The number of phosphoric acid groups is 1. The second-order valence-electron chi connectivity index (χ2n) is 5.81. The van der Waals surface area contributed by atoms with Gasteiger partial charge in [-0.1, -0.05) is 36.4 Å². The van der Waals surface area contributed by atoms with Crippen LogP contribution in [0.15, 0.2) is 66.9 Å². The SMILES string of the molecule is COP(=O)(OC)Oc1ccccc1-c1ccc2ccc3cccnc3c2n1. The van der Waals surface area contributed by atoms with Crippen molar-refractivity contribution in [3.8, 4) is 17.0 Å². The number of phosphoric ester groups is 1. The maximum absolute atomic E-state index is 12.4. The Bertz CT molecular complexity index is 1170. The van der Waals surface area contributed by atoms with Crippen LogP contribution in [0, 0.1) is 0 Å². The summed E-state index contributed by atoms with van der Waals surface area (Å²) in [6.07, 6.45) is 1.75. The number of rotatable bonds is 5. The predicted octanol–water partition coefficient (Wildman–Crippen LogP) is 5.23. The quantitative estimate of drug-likeness (QED) is 0.349. The van der Waals surface area contributed by atoms with Crippen molar-refractivity contribution in [2.24, 2.45) is 0 Å². The van der Waals surface area contributed by atoms with Gasteiger partial charge in [0.05, 0.1) is 16.7 Å². The number of pyridine rings is 2. The Hall–Kier alpha value is -2.79. The number of aromatic nitrogens is 2. The summed E-state index contributed by atoms with van der Waals surface area (Å²) in [4.78, 5) is 9.28. The summed E-state index contributed by atoms with van der Waals surface area (Å²) in [7, 11) is -1.12. The summed E-state index contributed by atoms with van der Waals surface area (Å²) in [6, 6.07) is 19.0. The van der Waals surface area contributed by atoms with Crippen LogP contribution in [-0.4, -0.2) is 24.2 Å². The zero-order chi connectivity index (χ0) is 18.9. The lowest BCUT2D eigenvalue weighted by Gasteiger charge is -2.16. The summed E-state index contributed by atoms with van der Waals surface area (Å²) < 4.78 is 27.7. The smallest absolute Gasteiger partial charge is 0.403 e. The van der Waals surface area contributed by atoms with Crippen molar-refractivity contribution >= 4 is 29.6 Å². The second-order valence-corrected chi connectivity index (χ2v) is 7.62. The van der Waals surface area contributed by atoms with Crippen LogP contribution in [0.3, 0.4) is 0 Å². The van der Waals surface area contributed by atoms with E-state index in [1.54, 1.807) is 18.3 Å². The molecule has 6 nitrogen and oxygen atoms in total. The van der Waals surface area contributed by atoms with Crippen molar-refractivity contribution in [1.82, 2.24) is 9.97 Å². The molecule has 0 bridgehead atoms. The molecule has 0 atom stereocenters. The van der Waals surface area contributed by atoms with Crippen LogP contribution in [0.25, 0.3) is 33.1 Å². The minimum atomic E-state index is -3.68. The molecule has 4 rings (SSSR count). The normalized spacial score (nSPS) is 11.8. The van der Waals surface area contributed by atoms with E-state index in [0.717, 1.165) is 21.8 Å². The van der Waals surface area contributed by atoms with Gasteiger partial charge in [0.1, 0.15) is 5.75 Å². The number of fused-ring (bicyclic) bond motifs is 3. The van der Waals surface area contributed by atoms with Crippen LogP contribution < -0.4 is 4.52 Å². The third kappa shape index (κ3) is 3.30. The molecule has 0 saturated carbocycles. The zero-order valence-corrected chi connectivity index (χ0v) is 15.7. The van der Waals surface area contributed by atoms with Crippen molar-refractivity contribution in [2.75, 3.05) is 14.2 Å². The minimum Gasteiger partial charge on any atom is -0.403 e. The van der Waals surface area contributed by atoms with Crippen molar-refractivity contribution in [1.29, 1.82) is 0 Å². The molecule has 0 aliphatic rings. The maximum atomic E-state index is 12.4. The Morgan fingerprint density at radius 2 is 1.52 bits per heavy atom. The lowest BCUT2D eigenvalue weighted by atomic mass is 10.1. The van der Waals surface area contributed by atoms with E-state index in [-0.39, 0.29) is 0 Å². The third-order valence-corrected chi connectivity index (χ3v) is 5.57. The Labute approximate surface area is 156 Å². The van der Waals surface area contributed by atoms with Gasteiger partial charge in [-0.3, -0.25) is 14.0 Å². The molecule has 7 heteroatoms. The molecule has 136 valence electrons. The first kappa shape index (κ1) is 17.6. The lowest BCUT2D eigenvalue weighted by molar-refractivity contribution is 0.211. The van der Waals surface area contributed by atoms with Gasteiger partial charge in [0, 0.05) is 36.8 Å². The fourth-order valence-corrected chi connectivity index (χ4v) is 3.60. The monoisotopic (exact) mass is 380 g/mol. The number of hydrogen-bond acceptors (Lipinski definition) is 6. The molecule has 0 spiro atoms. The van der Waals surface area contributed by atoms with E-state index in [1.165, 1.54) is 14.2 Å². The zero-order valence-electron chi connectivity index (χ0n) is 14.8. The van der Waals surface area contributed by atoms with E-state index in [0.29, 0.717) is 17.0 Å². The Kier molecular flexibility index (Phi) is 4.62. The van der Waals surface area contributed by atoms with Gasteiger partial charge in [0.2, 0.25) is 0 Å². The first-order chi connectivity index (χ1) is 13.1. The lowest BCUT2D eigenvalue weighted by Crippen LogP contribution is -1.99. The highest BCUT2D eigenvalue weighted by atomic mass is 31.2. The van der Waals surface area contributed by atoms with E-state index in [1.807, 2.05) is 48.5 Å². The molecular weight excluding hydrogens is 363 g/mol. The highest BCUT2D eigenvalue weighted by molar-refractivity contribution is 7.48. The molecule has 2 heterocycles. The van der Waals surface area contributed by atoms with Crippen molar-refractivity contribution in [3.63, 3.8) is 0 Å². The van der Waals surface area contributed by atoms with Crippen LogP contribution in [-0.2, 0) is 13.6 Å². The maximum Gasteiger partial charge on any atom is 0.529 e. The van der Waals surface area contributed by atoms with Gasteiger partial charge >= 0.3 is 7.82 Å². The number of para-hydroxylation sites is 1. The molecule has 27 heavy (non-hydrogen) atoms. The summed E-state index contributed by atoms with van der Waals surface area (Å²) >= 11 is 0. The number of hydrogen-bond donors (Lipinski definition) is 0.